The van der Waals surface area contributed by atoms with Crippen LogP contribution in [0.25, 0.3) is 0 Å². The molecule has 1 saturated heterocycles. The number of nitrogens with zero attached hydrogens (tertiary/aromatic N) is 1. The molecule has 0 spiro atoms. The Hall–Kier alpha value is -1.00. The van der Waals surface area contributed by atoms with Crippen molar-refractivity contribution in [2.75, 3.05) is 18.6 Å². The standard InChI is InChI=1S/C14H20N2OS/c1-3-12(10-18-2)16-13(17)9-15-14(16)11-7-5-4-6-8-11/h4-8,12,14-15H,3,9-10H2,1-2H3. The fourth-order valence-electron chi connectivity index (χ4n) is 2.43. The van der Waals surface area contributed by atoms with Crippen LogP contribution in [0.1, 0.15) is 25.1 Å². The molecule has 2 unspecified atom stereocenters. The number of benzene rings is 1. The van der Waals surface area contributed by atoms with E-state index in [0.717, 1.165) is 12.2 Å². The van der Waals surface area contributed by atoms with Gasteiger partial charge in [-0.2, -0.15) is 11.8 Å². The minimum Gasteiger partial charge on any atom is -0.318 e. The van der Waals surface area contributed by atoms with Crippen LogP contribution < -0.4 is 5.32 Å². The van der Waals surface area contributed by atoms with Crippen molar-refractivity contribution in [1.82, 2.24) is 10.2 Å². The Morgan fingerprint density at radius 2 is 2.17 bits per heavy atom. The van der Waals surface area contributed by atoms with Gasteiger partial charge in [0.25, 0.3) is 0 Å². The summed E-state index contributed by atoms with van der Waals surface area (Å²) < 4.78 is 0. The fourth-order valence-corrected chi connectivity index (χ4v) is 3.21. The van der Waals surface area contributed by atoms with Crippen LogP contribution in [0.15, 0.2) is 30.3 Å². The minimum atomic E-state index is 0.0378. The molecule has 0 bridgehead atoms. The number of carbonyl (C=O) groups excluding carboxylic acids is 1. The van der Waals surface area contributed by atoms with Crippen molar-refractivity contribution in [2.24, 2.45) is 0 Å². The monoisotopic (exact) mass is 264 g/mol. The molecular formula is C14H20N2OS. The van der Waals surface area contributed by atoms with Gasteiger partial charge in [0.05, 0.1) is 6.54 Å². The highest BCUT2D eigenvalue weighted by atomic mass is 32.2. The molecule has 1 fully saturated rings. The first-order chi connectivity index (χ1) is 8.77. The summed E-state index contributed by atoms with van der Waals surface area (Å²) in [7, 11) is 0. The maximum atomic E-state index is 12.1. The van der Waals surface area contributed by atoms with Crippen LogP contribution in [0, 0.1) is 0 Å². The Morgan fingerprint density at radius 3 is 2.78 bits per heavy atom. The molecule has 0 radical (unpaired) electrons. The first-order valence-electron chi connectivity index (χ1n) is 6.36. The van der Waals surface area contributed by atoms with Gasteiger partial charge in [-0.15, -0.1) is 0 Å². The second kappa shape index (κ2) is 6.25. The summed E-state index contributed by atoms with van der Waals surface area (Å²) in [6.45, 7) is 2.60. The third-order valence-corrected chi connectivity index (χ3v) is 4.07. The summed E-state index contributed by atoms with van der Waals surface area (Å²) >= 11 is 1.80. The van der Waals surface area contributed by atoms with Crippen molar-refractivity contribution >= 4 is 17.7 Å². The van der Waals surface area contributed by atoms with E-state index in [2.05, 4.69) is 30.6 Å². The van der Waals surface area contributed by atoms with Crippen molar-refractivity contribution in [1.29, 1.82) is 0 Å². The predicted molar refractivity (Wildman–Crippen MR) is 76.5 cm³/mol. The summed E-state index contributed by atoms with van der Waals surface area (Å²) in [5, 5.41) is 3.31. The number of thioether (sulfide) groups is 1. The average molecular weight is 264 g/mol. The highest BCUT2D eigenvalue weighted by Gasteiger charge is 2.35. The van der Waals surface area contributed by atoms with Crippen molar-refractivity contribution in [3.63, 3.8) is 0 Å². The van der Waals surface area contributed by atoms with Crippen LogP contribution in [0.5, 0.6) is 0 Å². The Labute approximate surface area is 113 Å². The molecule has 4 heteroatoms. The predicted octanol–water partition coefficient (Wildman–Crippen LogP) is 2.26. The van der Waals surface area contributed by atoms with Gasteiger partial charge < -0.3 is 4.90 Å². The summed E-state index contributed by atoms with van der Waals surface area (Å²) in [5.74, 6) is 1.21. The molecule has 1 aliphatic rings. The van der Waals surface area contributed by atoms with E-state index in [-0.39, 0.29) is 12.1 Å². The summed E-state index contributed by atoms with van der Waals surface area (Å²) in [6.07, 6.45) is 3.13. The molecule has 98 valence electrons. The van der Waals surface area contributed by atoms with E-state index in [1.54, 1.807) is 11.8 Å². The van der Waals surface area contributed by atoms with Gasteiger partial charge in [0.15, 0.2) is 0 Å². The number of hydrogen-bond donors (Lipinski definition) is 1. The second-order valence-corrected chi connectivity index (χ2v) is 5.42. The maximum absolute atomic E-state index is 12.1. The lowest BCUT2D eigenvalue weighted by molar-refractivity contribution is -0.130. The molecule has 1 amide bonds. The normalized spacial score (nSPS) is 21.3. The zero-order chi connectivity index (χ0) is 13.0. The van der Waals surface area contributed by atoms with E-state index in [1.807, 2.05) is 23.1 Å². The molecule has 1 aromatic carbocycles. The van der Waals surface area contributed by atoms with Gasteiger partial charge in [0.1, 0.15) is 6.17 Å². The van der Waals surface area contributed by atoms with Gasteiger partial charge in [0, 0.05) is 11.8 Å². The highest BCUT2D eigenvalue weighted by Crippen LogP contribution is 2.26. The molecule has 0 aromatic heterocycles. The molecule has 0 aliphatic carbocycles. The van der Waals surface area contributed by atoms with E-state index in [0.29, 0.717) is 12.6 Å². The van der Waals surface area contributed by atoms with Crippen LogP contribution in [-0.2, 0) is 4.79 Å². The van der Waals surface area contributed by atoms with Crippen LogP contribution in [0.3, 0.4) is 0 Å². The summed E-state index contributed by atoms with van der Waals surface area (Å²) in [4.78, 5) is 14.1. The van der Waals surface area contributed by atoms with Gasteiger partial charge >= 0.3 is 0 Å². The zero-order valence-electron chi connectivity index (χ0n) is 10.9. The van der Waals surface area contributed by atoms with Crippen molar-refractivity contribution in [2.45, 2.75) is 25.6 Å². The Morgan fingerprint density at radius 1 is 1.44 bits per heavy atom. The topological polar surface area (TPSA) is 32.3 Å². The van der Waals surface area contributed by atoms with Crippen LogP contribution in [-0.4, -0.2) is 35.4 Å². The SMILES string of the molecule is CCC(CSC)N1C(=O)CNC1c1ccccc1. The maximum Gasteiger partial charge on any atom is 0.238 e. The number of rotatable bonds is 5. The third-order valence-electron chi connectivity index (χ3n) is 3.35. The quantitative estimate of drug-likeness (QED) is 0.885. The van der Waals surface area contributed by atoms with Gasteiger partial charge in [-0.3, -0.25) is 10.1 Å². The highest BCUT2D eigenvalue weighted by molar-refractivity contribution is 7.98. The molecule has 1 N–H and O–H groups in total. The lowest BCUT2D eigenvalue weighted by Gasteiger charge is -2.32. The van der Waals surface area contributed by atoms with E-state index >= 15 is 0 Å². The number of nitrogens with one attached hydrogen (secondary N) is 1. The molecule has 2 rings (SSSR count). The van der Waals surface area contributed by atoms with E-state index in [1.165, 1.54) is 5.56 Å². The molecule has 3 nitrogen and oxygen atoms in total. The molecule has 1 aromatic rings. The number of hydrogen-bond acceptors (Lipinski definition) is 3. The van der Waals surface area contributed by atoms with Gasteiger partial charge in [-0.1, -0.05) is 37.3 Å². The molecular weight excluding hydrogens is 244 g/mol. The van der Waals surface area contributed by atoms with Gasteiger partial charge in [0.2, 0.25) is 5.91 Å². The first-order valence-corrected chi connectivity index (χ1v) is 7.75. The first kappa shape index (κ1) is 13.4. The largest absolute Gasteiger partial charge is 0.318 e. The molecule has 1 aliphatic heterocycles. The van der Waals surface area contributed by atoms with Crippen molar-refractivity contribution in [3.05, 3.63) is 35.9 Å². The van der Waals surface area contributed by atoms with Crippen LogP contribution >= 0.6 is 11.8 Å². The lowest BCUT2D eigenvalue weighted by atomic mass is 10.1. The zero-order valence-corrected chi connectivity index (χ0v) is 11.7. The van der Waals surface area contributed by atoms with Crippen LogP contribution in [0.2, 0.25) is 0 Å². The summed E-state index contributed by atoms with van der Waals surface area (Å²) in [6, 6.07) is 10.5. The number of amides is 1. The second-order valence-electron chi connectivity index (χ2n) is 4.51. The van der Waals surface area contributed by atoms with E-state index in [9.17, 15) is 4.79 Å². The Bertz CT molecular complexity index is 396. The smallest absolute Gasteiger partial charge is 0.238 e. The van der Waals surface area contributed by atoms with Crippen molar-refractivity contribution in [3.8, 4) is 0 Å². The van der Waals surface area contributed by atoms with Gasteiger partial charge in [-0.05, 0) is 18.2 Å². The Kier molecular flexibility index (Phi) is 4.66. The molecule has 0 saturated carbocycles. The van der Waals surface area contributed by atoms with E-state index in [4.69, 9.17) is 0 Å². The lowest BCUT2D eigenvalue weighted by Crippen LogP contribution is -2.40. The van der Waals surface area contributed by atoms with E-state index < -0.39 is 0 Å². The molecule has 18 heavy (non-hydrogen) atoms. The Balaban J connectivity index is 2.22. The van der Waals surface area contributed by atoms with Gasteiger partial charge in [-0.25, -0.2) is 0 Å². The molecule has 1 heterocycles. The number of carbonyl (C=O) groups is 1. The van der Waals surface area contributed by atoms with Crippen molar-refractivity contribution < 1.29 is 4.79 Å². The average Bonchev–Trinajstić information content (AvgIpc) is 2.79. The third kappa shape index (κ3) is 2.70. The fraction of sp³-hybridized carbons (Fsp3) is 0.500. The minimum absolute atomic E-state index is 0.0378. The summed E-state index contributed by atoms with van der Waals surface area (Å²) in [5.41, 5.74) is 1.17. The van der Waals surface area contributed by atoms with Crippen LogP contribution in [0.4, 0.5) is 0 Å². The molecule has 2 atom stereocenters.